The second-order valence-electron chi connectivity index (χ2n) is 6.97. The number of rotatable bonds is 8. The van der Waals surface area contributed by atoms with Crippen LogP contribution in [0, 0.1) is 12.3 Å². The summed E-state index contributed by atoms with van der Waals surface area (Å²) >= 11 is 0. The van der Waals surface area contributed by atoms with Gasteiger partial charge in [-0.25, -0.2) is 4.98 Å². The average Bonchev–Trinajstić information content (AvgIpc) is 2.69. The van der Waals surface area contributed by atoms with Crippen molar-refractivity contribution in [1.29, 1.82) is 0 Å². The SMILES string of the molecule is C#CCOC[C@@H](O)C[NH+]1CCc2nc(Cc3cccc(OC)c3)[nH]c(=O)c2C1. The van der Waals surface area contributed by atoms with Crippen molar-refractivity contribution >= 4 is 0 Å². The molecule has 148 valence electrons. The molecule has 0 fully saturated rings. The molecule has 0 saturated carbocycles. The van der Waals surface area contributed by atoms with Gasteiger partial charge in [0.25, 0.3) is 5.56 Å². The van der Waals surface area contributed by atoms with Crippen molar-refractivity contribution in [2.45, 2.75) is 25.5 Å². The van der Waals surface area contributed by atoms with E-state index in [1.165, 1.54) is 0 Å². The van der Waals surface area contributed by atoms with Gasteiger partial charge in [0.05, 0.1) is 31.5 Å². The van der Waals surface area contributed by atoms with Crippen LogP contribution in [0.15, 0.2) is 29.1 Å². The van der Waals surface area contributed by atoms with Gasteiger partial charge >= 0.3 is 0 Å². The number of hydrogen-bond acceptors (Lipinski definition) is 5. The summed E-state index contributed by atoms with van der Waals surface area (Å²) in [6.07, 6.45) is 5.77. The Bertz CT molecular complexity index is 903. The Morgan fingerprint density at radius 2 is 2.32 bits per heavy atom. The summed E-state index contributed by atoms with van der Waals surface area (Å²) in [5, 5.41) is 10.1. The predicted octanol–water partition coefficient (Wildman–Crippen LogP) is -0.679. The van der Waals surface area contributed by atoms with Crippen molar-refractivity contribution in [1.82, 2.24) is 9.97 Å². The Kier molecular flexibility index (Phi) is 6.82. The molecule has 2 atom stereocenters. The van der Waals surface area contributed by atoms with Crippen molar-refractivity contribution < 1.29 is 19.5 Å². The molecule has 0 aliphatic carbocycles. The van der Waals surface area contributed by atoms with Crippen LogP contribution in [0.3, 0.4) is 0 Å². The summed E-state index contributed by atoms with van der Waals surface area (Å²) in [6.45, 7) is 2.26. The number of H-pyrrole nitrogens is 1. The molecule has 28 heavy (non-hydrogen) atoms. The highest BCUT2D eigenvalue weighted by molar-refractivity contribution is 5.30. The highest BCUT2D eigenvalue weighted by Gasteiger charge is 2.26. The second kappa shape index (κ2) is 9.51. The van der Waals surface area contributed by atoms with Gasteiger partial charge in [0.1, 0.15) is 37.4 Å². The van der Waals surface area contributed by atoms with E-state index in [0.717, 1.165) is 28.5 Å². The number of quaternary nitrogens is 1. The third-order valence-electron chi connectivity index (χ3n) is 4.82. The Hall–Kier alpha value is -2.66. The highest BCUT2D eigenvalue weighted by Crippen LogP contribution is 2.15. The van der Waals surface area contributed by atoms with Crippen LogP contribution in [-0.4, -0.2) is 54.6 Å². The highest BCUT2D eigenvalue weighted by atomic mass is 16.5. The molecule has 3 rings (SSSR count). The summed E-state index contributed by atoms with van der Waals surface area (Å²) in [4.78, 5) is 21.3. The van der Waals surface area contributed by atoms with Crippen molar-refractivity contribution in [2.75, 3.05) is 33.4 Å². The number of aliphatic hydroxyl groups is 1. The fraction of sp³-hybridized carbons (Fsp3) is 0.429. The lowest BCUT2D eigenvalue weighted by atomic mass is 10.1. The molecular formula is C21H26N3O4+. The van der Waals surface area contributed by atoms with Gasteiger partial charge in [-0.3, -0.25) is 4.79 Å². The van der Waals surface area contributed by atoms with Gasteiger partial charge in [0, 0.05) is 12.8 Å². The van der Waals surface area contributed by atoms with Gasteiger partial charge in [-0.1, -0.05) is 18.1 Å². The van der Waals surface area contributed by atoms with Crippen LogP contribution in [0.25, 0.3) is 0 Å². The number of fused-ring (bicyclic) bond motifs is 1. The molecular weight excluding hydrogens is 358 g/mol. The van der Waals surface area contributed by atoms with Gasteiger partial charge in [-0.2, -0.15) is 0 Å². The predicted molar refractivity (Wildman–Crippen MR) is 104 cm³/mol. The second-order valence-corrected chi connectivity index (χ2v) is 6.97. The van der Waals surface area contributed by atoms with E-state index in [1.54, 1.807) is 7.11 Å². The zero-order valence-electron chi connectivity index (χ0n) is 16.0. The third kappa shape index (κ3) is 5.20. The molecule has 1 aromatic carbocycles. The van der Waals surface area contributed by atoms with Crippen molar-refractivity contribution in [2.24, 2.45) is 0 Å². The van der Waals surface area contributed by atoms with Crippen molar-refractivity contribution in [3.05, 3.63) is 57.3 Å². The largest absolute Gasteiger partial charge is 0.497 e. The Morgan fingerprint density at radius 1 is 1.46 bits per heavy atom. The molecule has 7 heteroatoms. The van der Waals surface area contributed by atoms with E-state index < -0.39 is 6.10 Å². The van der Waals surface area contributed by atoms with E-state index in [-0.39, 0.29) is 18.8 Å². The molecule has 1 aromatic heterocycles. The van der Waals surface area contributed by atoms with E-state index in [0.29, 0.717) is 37.3 Å². The Morgan fingerprint density at radius 3 is 3.11 bits per heavy atom. The van der Waals surface area contributed by atoms with E-state index in [9.17, 15) is 9.90 Å². The van der Waals surface area contributed by atoms with E-state index in [1.807, 2.05) is 24.3 Å². The molecule has 0 spiro atoms. The van der Waals surface area contributed by atoms with E-state index >= 15 is 0 Å². The molecule has 0 amide bonds. The number of benzene rings is 1. The summed E-state index contributed by atoms with van der Waals surface area (Å²) in [7, 11) is 1.63. The fourth-order valence-corrected chi connectivity index (χ4v) is 3.50. The summed E-state index contributed by atoms with van der Waals surface area (Å²) in [5.41, 5.74) is 2.48. The third-order valence-corrected chi connectivity index (χ3v) is 4.82. The maximum Gasteiger partial charge on any atom is 0.260 e. The number of ether oxygens (including phenoxy) is 2. The Labute approximate surface area is 164 Å². The topological polar surface area (TPSA) is 88.9 Å². The number of methoxy groups -OCH3 is 1. The summed E-state index contributed by atoms with van der Waals surface area (Å²) in [6, 6.07) is 7.73. The lowest BCUT2D eigenvalue weighted by molar-refractivity contribution is -0.919. The zero-order chi connectivity index (χ0) is 19.9. The maximum absolute atomic E-state index is 12.6. The van der Waals surface area contributed by atoms with Crippen molar-refractivity contribution in [3.63, 3.8) is 0 Å². The number of terminal acetylenes is 1. The van der Waals surface area contributed by atoms with Crippen LogP contribution >= 0.6 is 0 Å². The number of hydrogen-bond donors (Lipinski definition) is 3. The van der Waals surface area contributed by atoms with Crippen LogP contribution in [0.2, 0.25) is 0 Å². The lowest BCUT2D eigenvalue weighted by Gasteiger charge is -2.26. The molecule has 1 unspecified atom stereocenters. The molecule has 0 radical (unpaired) electrons. The number of aromatic nitrogens is 2. The fourth-order valence-electron chi connectivity index (χ4n) is 3.50. The number of aromatic amines is 1. The summed E-state index contributed by atoms with van der Waals surface area (Å²) in [5.74, 6) is 3.81. The average molecular weight is 384 g/mol. The molecule has 2 heterocycles. The first kappa shape index (κ1) is 20.1. The van der Waals surface area contributed by atoms with Gasteiger partial charge < -0.3 is 24.5 Å². The van der Waals surface area contributed by atoms with Crippen molar-refractivity contribution in [3.8, 4) is 18.1 Å². The van der Waals surface area contributed by atoms with Crippen LogP contribution in [0.5, 0.6) is 5.75 Å². The normalized spacial score (nSPS) is 16.8. The summed E-state index contributed by atoms with van der Waals surface area (Å²) < 4.78 is 10.4. The number of nitrogens with zero attached hydrogens (tertiary/aromatic N) is 1. The number of aliphatic hydroxyl groups excluding tert-OH is 1. The first-order valence-electron chi connectivity index (χ1n) is 9.35. The minimum Gasteiger partial charge on any atom is -0.497 e. The Balaban J connectivity index is 1.66. The van der Waals surface area contributed by atoms with Crippen LogP contribution in [0.4, 0.5) is 0 Å². The minimum atomic E-state index is -0.607. The van der Waals surface area contributed by atoms with E-state index in [2.05, 4.69) is 15.9 Å². The monoisotopic (exact) mass is 384 g/mol. The number of nitrogens with one attached hydrogen (secondary N) is 2. The lowest BCUT2D eigenvalue weighted by Crippen LogP contribution is -3.13. The zero-order valence-corrected chi connectivity index (χ0v) is 16.0. The quantitative estimate of drug-likeness (QED) is 0.415. The van der Waals surface area contributed by atoms with Gasteiger partial charge in [-0.05, 0) is 17.7 Å². The van der Waals surface area contributed by atoms with Crippen LogP contribution < -0.4 is 15.2 Å². The first-order chi connectivity index (χ1) is 13.6. The molecule has 3 N–H and O–H groups in total. The molecule has 1 aliphatic rings. The van der Waals surface area contributed by atoms with Crippen LogP contribution in [0.1, 0.15) is 22.6 Å². The molecule has 7 nitrogen and oxygen atoms in total. The molecule has 0 bridgehead atoms. The molecule has 1 aliphatic heterocycles. The standard InChI is InChI=1S/C21H25N3O4/c1-3-9-28-14-16(25)12-24-8-7-19-18(13-24)21(26)23-20(22-19)11-15-5-4-6-17(10-15)27-2/h1,4-6,10,16,25H,7-9,11-14H2,2H3,(H,22,23,26)/p+1/t16-/m0/s1. The minimum absolute atomic E-state index is 0.0989. The van der Waals surface area contributed by atoms with E-state index in [4.69, 9.17) is 15.9 Å². The van der Waals surface area contributed by atoms with Gasteiger partial charge in [-0.15, -0.1) is 6.42 Å². The van der Waals surface area contributed by atoms with Gasteiger partial charge in [0.2, 0.25) is 0 Å². The molecule has 0 saturated heterocycles. The van der Waals surface area contributed by atoms with Gasteiger partial charge in [0.15, 0.2) is 0 Å². The first-order valence-corrected chi connectivity index (χ1v) is 9.35. The molecule has 2 aromatic rings. The maximum atomic E-state index is 12.6. The smallest absolute Gasteiger partial charge is 0.260 e. The van der Waals surface area contributed by atoms with Crippen LogP contribution in [-0.2, 0) is 24.1 Å².